The molecule has 8 heteroatoms. The summed E-state index contributed by atoms with van der Waals surface area (Å²) < 4.78 is 10.8. The van der Waals surface area contributed by atoms with Crippen molar-refractivity contribution < 1.29 is 9.16 Å². The fourth-order valence-electron chi connectivity index (χ4n) is 2.10. The molecular formula is C16H29Cl3INO2Si. The maximum Gasteiger partial charge on any atom is 0.266 e. The third-order valence-corrected chi connectivity index (χ3v) is 12.2. The first-order valence-corrected chi connectivity index (χ1v) is 13.4. The van der Waals surface area contributed by atoms with E-state index in [1.807, 2.05) is 0 Å². The highest BCUT2D eigenvalue weighted by molar-refractivity contribution is 14.1. The molecule has 0 aromatic rings. The van der Waals surface area contributed by atoms with Gasteiger partial charge in [-0.05, 0) is 23.5 Å². The Hall–Kier alpha value is 1.25. The Morgan fingerprint density at radius 3 is 2.04 bits per heavy atom. The lowest BCUT2D eigenvalue weighted by Crippen LogP contribution is -2.54. The zero-order valence-electron chi connectivity index (χ0n) is 15.7. The normalized spacial score (nSPS) is 25.1. The molecule has 1 rings (SSSR count). The number of aliphatic imine (C=N–C) groups is 1. The molecule has 0 amide bonds. The summed E-state index contributed by atoms with van der Waals surface area (Å²) in [5.74, 6) is 0.165. The standard InChI is InChI=1S/C16H29Cl3INO2Si/c1-14(2,3)12(20)11-10(23-24(7,8)15(4,5)6)9-22-13(21-11)16(17,18)19/h10-12H,9H2,1-8H3/t10-,11-,12+/m1/s1. The Labute approximate surface area is 176 Å². The largest absolute Gasteiger partial charge is 0.475 e. The van der Waals surface area contributed by atoms with Crippen LogP contribution in [-0.2, 0) is 9.16 Å². The van der Waals surface area contributed by atoms with Crippen LogP contribution in [0.5, 0.6) is 0 Å². The van der Waals surface area contributed by atoms with Crippen LogP contribution in [0.2, 0.25) is 18.1 Å². The molecule has 24 heavy (non-hydrogen) atoms. The van der Waals surface area contributed by atoms with E-state index in [1.54, 1.807) is 0 Å². The lowest BCUT2D eigenvalue weighted by molar-refractivity contribution is 0.0635. The van der Waals surface area contributed by atoms with Gasteiger partial charge in [-0.1, -0.05) is 98.9 Å². The van der Waals surface area contributed by atoms with Gasteiger partial charge in [0.25, 0.3) is 3.79 Å². The van der Waals surface area contributed by atoms with Gasteiger partial charge in [0, 0.05) is 3.92 Å². The van der Waals surface area contributed by atoms with Crippen molar-refractivity contribution in [3.8, 4) is 0 Å². The van der Waals surface area contributed by atoms with Crippen molar-refractivity contribution in [2.24, 2.45) is 10.4 Å². The molecule has 142 valence electrons. The SMILES string of the molecule is CC(C)(C)[C@@H](I)[C@@H]1N=C(C(Cl)(Cl)Cl)OC[C@H]1O[Si](C)(C)C(C)(C)C. The van der Waals surface area contributed by atoms with Gasteiger partial charge in [0.05, 0.1) is 6.04 Å². The first-order chi connectivity index (χ1) is 10.5. The van der Waals surface area contributed by atoms with Crippen molar-refractivity contribution in [2.75, 3.05) is 6.61 Å². The molecule has 0 aromatic carbocycles. The number of hydrogen-bond acceptors (Lipinski definition) is 3. The Bertz CT molecular complexity index is 481. The van der Waals surface area contributed by atoms with Crippen LogP contribution in [0.25, 0.3) is 0 Å². The Kier molecular flexibility index (Phi) is 7.47. The quantitative estimate of drug-likeness (QED) is 0.241. The maximum atomic E-state index is 6.61. The first-order valence-electron chi connectivity index (χ1n) is 8.06. The lowest BCUT2D eigenvalue weighted by atomic mass is 9.86. The van der Waals surface area contributed by atoms with E-state index >= 15 is 0 Å². The van der Waals surface area contributed by atoms with Crippen LogP contribution in [-0.4, -0.2) is 40.7 Å². The van der Waals surface area contributed by atoms with Crippen LogP contribution in [0.1, 0.15) is 41.5 Å². The van der Waals surface area contributed by atoms with Gasteiger partial charge >= 0.3 is 0 Å². The van der Waals surface area contributed by atoms with E-state index in [0.29, 0.717) is 6.61 Å². The number of halogens is 4. The van der Waals surface area contributed by atoms with Crippen molar-refractivity contribution in [3.63, 3.8) is 0 Å². The molecular weight excluding hydrogens is 500 g/mol. The molecule has 0 aliphatic carbocycles. The van der Waals surface area contributed by atoms with Gasteiger partial charge in [-0.2, -0.15) is 0 Å². The predicted molar refractivity (Wildman–Crippen MR) is 117 cm³/mol. The summed E-state index contributed by atoms with van der Waals surface area (Å²) in [4.78, 5) is 4.66. The van der Waals surface area contributed by atoms with E-state index in [1.165, 1.54) is 0 Å². The lowest BCUT2D eigenvalue weighted by Gasteiger charge is -2.44. The summed E-state index contributed by atoms with van der Waals surface area (Å²) in [6, 6.07) is -0.112. The molecule has 0 bridgehead atoms. The van der Waals surface area contributed by atoms with Crippen molar-refractivity contribution in [2.45, 2.75) is 79.5 Å². The molecule has 3 nitrogen and oxygen atoms in total. The smallest absolute Gasteiger partial charge is 0.266 e. The summed E-state index contributed by atoms with van der Waals surface area (Å²) in [5.41, 5.74) is 0.0415. The third kappa shape index (κ3) is 5.88. The summed E-state index contributed by atoms with van der Waals surface area (Å²) in [5, 5.41) is 0.110. The average Bonchev–Trinajstić information content (AvgIpc) is 2.34. The number of nitrogens with zero attached hydrogens (tertiary/aromatic N) is 1. The molecule has 0 unspecified atom stereocenters. The monoisotopic (exact) mass is 527 g/mol. The first kappa shape index (κ1) is 23.3. The van der Waals surface area contributed by atoms with Gasteiger partial charge < -0.3 is 9.16 Å². The molecule has 1 heterocycles. The number of rotatable bonds is 3. The van der Waals surface area contributed by atoms with Gasteiger partial charge in [-0.25, -0.2) is 4.99 Å². The van der Waals surface area contributed by atoms with Crippen LogP contribution >= 0.6 is 57.4 Å². The zero-order valence-corrected chi connectivity index (χ0v) is 21.1. The summed E-state index contributed by atoms with van der Waals surface area (Å²) in [6.07, 6.45) is -0.136. The molecule has 0 radical (unpaired) electrons. The van der Waals surface area contributed by atoms with Crippen molar-refractivity contribution in [1.29, 1.82) is 0 Å². The second-order valence-electron chi connectivity index (χ2n) is 8.92. The summed E-state index contributed by atoms with van der Waals surface area (Å²) in [6.45, 7) is 18.1. The van der Waals surface area contributed by atoms with Crippen LogP contribution < -0.4 is 0 Å². The van der Waals surface area contributed by atoms with Crippen LogP contribution in [0.15, 0.2) is 4.99 Å². The van der Waals surface area contributed by atoms with E-state index in [4.69, 9.17) is 44.0 Å². The van der Waals surface area contributed by atoms with Crippen molar-refractivity contribution in [1.82, 2.24) is 0 Å². The van der Waals surface area contributed by atoms with Gasteiger partial charge in [-0.15, -0.1) is 0 Å². The molecule has 0 spiro atoms. The van der Waals surface area contributed by atoms with Crippen LogP contribution in [0.3, 0.4) is 0 Å². The summed E-state index contributed by atoms with van der Waals surface area (Å²) >= 11 is 20.4. The molecule has 0 N–H and O–H groups in total. The highest BCUT2D eigenvalue weighted by atomic mass is 127. The maximum absolute atomic E-state index is 6.61. The molecule has 0 aromatic heterocycles. The van der Waals surface area contributed by atoms with Gasteiger partial charge in [0.15, 0.2) is 8.32 Å². The van der Waals surface area contributed by atoms with E-state index in [2.05, 4.69) is 82.2 Å². The molecule has 1 aliphatic rings. The van der Waals surface area contributed by atoms with E-state index in [-0.39, 0.29) is 32.4 Å². The minimum absolute atomic E-state index is 0.0415. The highest BCUT2D eigenvalue weighted by Crippen LogP contribution is 2.42. The number of hydrogen-bond donors (Lipinski definition) is 0. The summed E-state index contributed by atoms with van der Waals surface area (Å²) in [7, 11) is -1.96. The van der Waals surface area contributed by atoms with Crippen LogP contribution in [0, 0.1) is 5.41 Å². The van der Waals surface area contributed by atoms with Crippen LogP contribution in [0.4, 0.5) is 0 Å². The van der Waals surface area contributed by atoms with Gasteiger partial charge in [0.2, 0.25) is 5.90 Å². The minimum Gasteiger partial charge on any atom is -0.475 e. The third-order valence-electron chi connectivity index (χ3n) is 4.65. The molecule has 0 saturated carbocycles. The Balaban J connectivity index is 3.18. The van der Waals surface area contributed by atoms with Gasteiger partial charge in [-0.3, -0.25) is 0 Å². The highest BCUT2D eigenvalue weighted by Gasteiger charge is 2.47. The van der Waals surface area contributed by atoms with E-state index in [9.17, 15) is 0 Å². The molecule has 1 aliphatic heterocycles. The molecule has 0 fully saturated rings. The molecule has 0 saturated heterocycles. The topological polar surface area (TPSA) is 30.8 Å². The van der Waals surface area contributed by atoms with E-state index < -0.39 is 12.1 Å². The zero-order chi connectivity index (χ0) is 19.1. The fourth-order valence-corrected chi connectivity index (χ4v) is 4.35. The minimum atomic E-state index is -1.96. The second kappa shape index (κ2) is 7.70. The number of alkyl halides is 4. The second-order valence-corrected chi connectivity index (χ2v) is 17.3. The predicted octanol–water partition coefficient (Wildman–Crippen LogP) is 6.39. The fraction of sp³-hybridized carbons (Fsp3) is 0.938. The number of ether oxygens (including phenoxy) is 1. The van der Waals surface area contributed by atoms with E-state index in [0.717, 1.165) is 0 Å². The Morgan fingerprint density at radius 1 is 1.17 bits per heavy atom. The average molecular weight is 529 g/mol. The van der Waals surface area contributed by atoms with Gasteiger partial charge in [0.1, 0.15) is 12.7 Å². The Morgan fingerprint density at radius 2 is 1.67 bits per heavy atom. The molecule has 3 atom stereocenters. The van der Waals surface area contributed by atoms with Crippen molar-refractivity contribution in [3.05, 3.63) is 0 Å². The van der Waals surface area contributed by atoms with Crippen molar-refractivity contribution >= 4 is 71.6 Å².